The van der Waals surface area contributed by atoms with Crippen LogP contribution in [-0.2, 0) is 0 Å². The van der Waals surface area contributed by atoms with Crippen LogP contribution in [0.25, 0.3) is 0 Å². The molecule has 0 aliphatic rings. The summed E-state index contributed by atoms with van der Waals surface area (Å²) in [6, 6.07) is 14.6. The molecule has 17 heavy (non-hydrogen) atoms. The first-order valence-electron chi connectivity index (χ1n) is 5.54. The summed E-state index contributed by atoms with van der Waals surface area (Å²) in [6.45, 7) is 4.15. The predicted octanol–water partition coefficient (Wildman–Crippen LogP) is 5.39. The van der Waals surface area contributed by atoms with Gasteiger partial charge in [0.2, 0.25) is 0 Å². The van der Waals surface area contributed by atoms with E-state index in [2.05, 4.69) is 72.2 Å². The molecule has 1 atom stereocenters. The van der Waals surface area contributed by atoms with Gasteiger partial charge in [-0.3, -0.25) is 0 Å². The lowest BCUT2D eigenvalue weighted by Gasteiger charge is -2.12. The summed E-state index contributed by atoms with van der Waals surface area (Å²) in [6.07, 6.45) is 0. The number of hydrogen-bond donors (Lipinski definition) is 0. The van der Waals surface area contributed by atoms with Crippen molar-refractivity contribution < 1.29 is 0 Å². The van der Waals surface area contributed by atoms with Gasteiger partial charge in [-0.25, -0.2) is 0 Å². The maximum Gasteiger partial charge on any atom is 0.0835 e. The normalized spacial score (nSPS) is 12.5. The highest BCUT2D eigenvalue weighted by Gasteiger charge is 2.11. The van der Waals surface area contributed by atoms with Gasteiger partial charge in [0.05, 0.1) is 5.38 Å². The third-order valence-corrected chi connectivity index (χ3v) is 4.22. The van der Waals surface area contributed by atoms with E-state index in [-0.39, 0.29) is 5.38 Å². The van der Waals surface area contributed by atoms with Gasteiger partial charge in [-0.1, -0.05) is 57.9 Å². The number of hydrogen-bond acceptors (Lipinski definition) is 0. The quantitative estimate of drug-likeness (QED) is 0.652. The van der Waals surface area contributed by atoms with Crippen LogP contribution in [-0.4, -0.2) is 0 Å². The SMILES string of the molecule is Cc1ccc(C(Cl)c2ccc(C)c(Br)c2)cc1. The maximum absolute atomic E-state index is 6.49. The van der Waals surface area contributed by atoms with E-state index in [0.717, 1.165) is 15.6 Å². The van der Waals surface area contributed by atoms with Crippen molar-refractivity contribution >= 4 is 27.5 Å². The van der Waals surface area contributed by atoms with Crippen molar-refractivity contribution in [3.63, 3.8) is 0 Å². The van der Waals surface area contributed by atoms with Crippen molar-refractivity contribution in [2.24, 2.45) is 0 Å². The molecule has 0 N–H and O–H groups in total. The fourth-order valence-electron chi connectivity index (χ4n) is 1.69. The zero-order valence-electron chi connectivity index (χ0n) is 9.87. The summed E-state index contributed by atoms with van der Waals surface area (Å²) >= 11 is 10.0. The molecule has 0 aliphatic heterocycles. The summed E-state index contributed by atoms with van der Waals surface area (Å²) in [5.41, 5.74) is 4.73. The Hall–Kier alpha value is -0.790. The average molecular weight is 310 g/mol. The van der Waals surface area contributed by atoms with Gasteiger partial charge in [0.25, 0.3) is 0 Å². The first kappa shape index (κ1) is 12.7. The first-order valence-corrected chi connectivity index (χ1v) is 6.77. The number of alkyl halides is 1. The third-order valence-electron chi connectivity index (χ3n) is 2.86. The summed E-state index contributed by atoms with van der Waals surface area (Å²) in [4.78, 5) is 0. The van der Waals surface area contributed by atoms with E-state index in [1.807, 2.05) is 0 Å². The molecule has 0 aliphatic carbocycles. The number of aryl methyl sites for hydroxylation is 2. The molecule has 0 radical (unpaired) electrons. The molecular weight excluding hydrogens is 296 g/mol. The van der Waals surface area contributed by atoms with Crippen molar-refractivity contribution in [2.45, 2.75) is 19.2 Å². The van der Waals surface area contributed by atoms with E-state index in [4.69, 9.17) is 11.6 Å². The predicted molar refractivity (Wildman–Crippen MR) is 77.8 cm³/mol. The van der Waals surface area contributed by atoms with Gasteiger partial charge < -0.3 is 0 Å². The molecule has 88 valence electrons. The van der Waals surface area contributed by atoms with E-state index >= 15 is 0 Å². The minimum absolute atomic E-state index is 0.0903. The van der Waals surface area contributed by atoms with Crippen LogP contribution in [0.4, 0.5) is 0 Å². The monoisotopic (exact) mass is 308 g/mol. The van der Waals surface area contributed by atoms with Crippen molar-refractivity contribution in [1.82, 2.24) is 0 Å². The van der Waals surface area contributed by atoms with Crippen LogP contribution in [0.2, 0.25) is 0 Å². The average Bonchev–Trinajstić information content (AvgIpc) is 2.33. The van der Waals surface area contributed by atoms with Crippen LogP contribution >= 0.6 is 27.5 Å². The molecule has 2 aromatic rings. The number of rotatable bonds is 2. The van der Waals surface area contributed by atoms with Gasteiger partial charge in [0.15, 0.2) is 0 Å². The van der Waals surface area contributed by atoms with Crippen LogP contribution in [0.5, 0.6) is 0 Å². The lowest BCUT2D eigenvalue weighted by atomic mass is 10.0. The van der Waals surface area contributed by atoms with Crippen LogP contribution in [0.1, 0.15) is 27.6 Å². The van der Waals surface area contributed by atoms with Crippen molar-refractivity contribution in [1.29, 1.82) is 0 Å². The Balaban J connectivity index is 2.33. The smallest absolute Gasteiger partial charge is 0.0835 e. The standard InChI is InChI=1S/C15H14BrCl/c1-10-3-6-12(7-4-10)15(17)13-8-5-11(2)14(16)9-13/h3-9,15H,1-2H3. The highest BCUT2D eigenvalue weighted by Crippen LogP contribution is 2.31. The fraction of sp³-hybridized carbons (Fsp3) is 0.200. The Morgan fingerprint density at radius 2 is 1.53 bits per heavy atom. The maximum atomic E-state index is 6.49. The van der Waals surface area contributed by atoms with Crippen LogP contribution < -0.4 is 0 Å². The Labute approximate surface area is 116 Å². The van der Waals surface area contributed by atoms with Gasteiger partial charge in [-0.05, 0) is 36.6 Å². The van der Waals surface area contributed by atoms with E-state index in [9.17, 15) is 0 Å². The Morgan fingerprint density at radius 3 is 2.12 bits per heavy atom. The molecule has 1 unspecified atom stereocenters. The zero-order chi connectivity index (χ0) is 12.4. The summed E-state index contributed by atoms with van der Waals surface area (Å²) in [5, 5.41) is -0.0903. The molecule has 0 saturated carbocycles. The molecule has 0 bridgehead atoms. The van der Waals surface area contributed by atoms with Crippen molar-refractivity contribution in [3.8, 4) is 0 Å². The summed E-state index contributed by atoms with van der Waals surface area (Å²) < 4.78 is 1.10. The van der Waals surface area contributed by atoms with E-state index in [1.165, 1.54) is 11.1 Å². The van der Waals surface area contributed by atoms with Crippen molar-refractivity contribution in [2.75, 3.05) is 0 Å². The molecule has 0 amide bonds. The molecule has 0 nitrogen and oxygen atoms in total. The van der Waals surface area contributed by atoms with Gasteiger partial charge in [0.1, 0.15) is 0 Å². The van der Waals surface area contributed by atoms with E-state index in [0.29, 0.717) is 0 Å². The third kappa shape index (κ3) is 2.91. The molecule has 0 spiro atoms. The van der Waals surface area contributed by atoms with E-state index in [1.54, 1.807) is 0 Å². The Kier molecular flexibility index (Phi) is 3.90. The molecular formula is C15H14BrCl. The van der Waals surface area contributed by atoms with Gasteiger partial charge in [-0.15, -0.1) is 11.6 Å². The molecule has 2 heteroatoms. The van der Waals surface area contributed by atoms with Crippen LogP contribution in [0, 0.1) is 13.8 Å². The van der Waals surface area contributed by atoms with Crippen molar-refractivity contribution in [3.05, 3.63) is 69.2 Å². The second-order valence-electron chi connectivity index (χ2n) is 4.28. The topological polar surface area (TPSA) is 0 Å². The lowest BCUT2D eigenvalue weighted by Crippen LogP contribution is -1.94. The molecule has 2 aromatic carbocycles. The minimum atomic E-state index is -0.0903. The van der Waals surface area contributed by atoms with E-state index < -0.39 is 0 Å². The van der Waals surface area contributed by atoms with Crippen LogP contribution in [0.15, 0.2) is 46.9 Å². The van der Waals surface area contributed by atoms with Crippen LogP contribution in [0.3, 0.4) is 0 Å². The highest BCUT2D eigenvalue weighted by molar-refractivity contribution is 9.10. The lowest BCUT2D eigenvalue weighted by molar-refractivity contribution is 1.13. The minimum Gasteiger partial charge on any atom is -0.113 e. The highest BCUT2D eigenvalue weighted by atomic mass is 79.9. The second kappa shape index (κ2) is 5.24. The van der Waals surface area contributed by atoms with Gasteiger partial charge in [0, 0.05) is 4.47 Å². The molecule has 0 aromatic heterocycles. The Morgan fingerprint density at radius 1 is 0.941 bits per heavy atom. The first-order chi connectivity index (χ1) is 8.08. The number of benzene rings is 2. The van der Waals surface area contributed by atoms with Gasteiger partial charge in [-0.2, -0.15) is 0 Å². The molecule has 0 heterocycles. The molecule has 0 saturated heterocycles. The Bertz CT molecular complexity index is 517. The fourth-order valence-corrected chi connectivity index (χ4v) is 2.37. The summed E-state index contributed by atoms with van der Waals surface area (Å²) in [7, 11) is 0. The van der Waals surface area contributed by atoms with Gasteiger partial charge >= 0.3 is 0 Å². The summed E-state index contributed by atoms with van der Waals surface area (Å²) in [5.74, 6) is 0. The molecule has 2 rings (SSSR count). The zero-order valence-corrected chi connectivity index (χ0v) is 12.2. The number of halogens is 2. The largest absolute Gasteiger partial charge is 0.113 e. The second-order valence-corrected chi connectivity index (χ2v) is 5.57. The molecule has 0 fully saturated rings.